The number of hydrogen-bond acceptors (Lipinski definition) is 2. The maximum atomic E-state index is 2.43. The predicted molar refractivity (Wildman–Crippen MR) is 212 cm³/mol. The third kappa shape index (κ3) is 4.36. The number of anilines is 6. The van der Waals surface area contributed by atoms with E-state index in [1.165, 1.54) is 55.9 Å². The molecule has 2 heteroatoms. The van der Waals surface area contributed by atoms with Gasteiger partial charge in [0.25, 0.3) is 0 Å². The van der Waals surface area contributed by atoms with E-state index >= 15 is 0 Å². The fourth-order valence-electron chi connectivity index (χ4n) is 8.64. The van der Waals surface area contributed by atoms with Crippen LogP contribution in [0.4, 0.5) is 34.1 Å². The molecule has 0 N–H and O–H groups in total. The van der Waals surface area contributed by atoms with Crippen LogP contribution in [-0.2, 0) is 5.41 Å². The Bertz CT molecular complexity index is 2430. The summed E-state index contributed by atoms with van der Waals surface area (Å²) in [6.07, 6.45) is 0. The van der Waals surface area contributed by atoms with Gasteiger partial charge in [0.1, 0.15) is 0 Å². The highest BCUT2D eigenvalue weighted by atomic mass is 15.2. The van der Waals surface area contributed by atoms with Crippen molar-refractivity contribution in [1.29, 1.82) is 0 Å². The standard InChI is InChI=1S/C49H34N2/c1-4-17-36(18-5-1)50(37-19-6-2-7-20-37)39-33-31-35(32-34-39)40-24-16-28-45-48(40)41-23-10-11-25-42(41)49(45)43-26-12-14-29-46(43)51(38-21-8-3-9-22-38)47-30-15-13-27-44(47)49/h1-34H. The van der Waals surface area contributed by atoms with Gasteiger partial charge >= 0.3 is 0 Å². The Kier molecular flexibility index (Phi) is 6.75. The van der Waals surface area contributed by atoms with E-state index in [2.05, 4.69) is 216 Å². The molecule has 2 nitrogen and oxygen atoms in total. The Morgan fingerprint density at radius 1 is 0.333 bits per heavy atom. The van der Waals surface area contributed by atoms with Gasteiger partial charge in [0.15, 0.2) is 0 Å². The molecular formula is C49H34N2. The number of rotatable bonds is 5. The van der Waals surface area contributed by atoms with Crippen molar-refractivity contribution in [3.05, 3.63) is 229 Å². The van der Waals surface area contributed by atoms with E-state index in [0.29, 0.717) is 0 Å². The molecule has 51 heavy (non-hydrogen) atoms. The highest BCUT2D eigenvalue weighted by Crippen LogP contribution is 2.64. The minimum atomic E-state index is -0.474. The van der Waals surface area contributed by atoms with E-state index < -0.39 is 5.41 Å². The van der Waals surface area contributed by atoms with E-state index in [0.717, 1.165) is 22.7 Å². The molecule has 1 aliphatic carbocycles. The summed E-state index contributed by atoms with van der Waals surface area (Å²) >= 11 is 0. The van der Waals surface area contributed by atoms with Crippen molar-refractivity contribution >= 4 is 34.1 Å². The Balaban J connectivity index is 1.18. The number of hydrogen-bond donors (Lipinski definition) is 0. The van der Waals surface area contributed by atoms with Crippen molar-refractivity contribution in [2.75, 3.05) is 9.80 Å². The second kappa shape index (κ2) is 11.8. The average molecular weight is 651 g/mol. The summed E-state index contributed by atoms with van der Waals surface area (Å²) in [4.78, 5) is 4.75. The van der Waals surface area contributed by atoms with E-state index in [-0.39, 0.29) is 0 Å². The Hall–Kier alpha value is -6.64. The molecule has 1 heterocycles. The van der Waals surface area contributed by atoms with Crippen LogP contribution in [0.3, 0.4) is 0 Å². The van der Waals surface area contributed by atoms with E-state index in [4.69, 9.17) is 0 Å². The lowest BCUT2D eigenvalue weighted by Crippen LogP contribution is -2.36. The van der Waals surface area contributed by atoms with Gasteiger partial charge in [-0.15, -0.1) is 0 Å². The van der Waals surface area contributed by atoms with Crippen LogP contribution in [0.5, 0.6) is 0 Å². The number of fused-ring (bicyclic) bond motifs is 9. The van der Waals surface area contributed by atoms with Crippen LogP contribution < -0.4 is 9.80 Å². The zero-order valence-electron chi connectivity index (χ0n) is 28.0. The van der Waals surface area contributed by atoms with Crippen LogP contribution in [-0.4, -0.2) is 0 Å². The number of nitrogens with zero attached hydrogens (tertiary/aromatic N) is 2. The van der Waals surface area contributed by atoms with Crippen LogP contribution in [0, 0.1) is 0 Å². The number of para-hydroxylation sites is 5. The summed E-state index contributed by atoms with van der Waals surface area (Å²) < 4.78 is 0. The minimum Gasteiger partial charge on any atom is -0.311 e. The molecule has 240 valence electrons. The van der Waals surface area contributed by atoms with Crippen molar-refractivity contribution in [3.8, 4) is 22.3 Å². The van der Waals surface area contributed by atoms with Gasteiger partial charge in [0.2, 0.25) is 0 Å². The van der Waals surface area contributed by atoms with Gasteiger partial charge in [-0.25, -0.2) is 0 Å². The van der Waals surface area contributed by atoms with Gasteiger partial charge in [0.05, 0.1) is 16.8 Å². The highest BCUT2D eigenvalue weighted by molar-refractivity contribution is 6.00. The summed E-state index contributed by atoms with van der Waals surface area (Å²) in [6.45, 7) is 0. The first-order chi connectivity index (χ1) is 25.3. The summed E-state index contributed by atoms with van der Waals surface area (Å²) in [6, 6.07) is 75.0. The second-order valence-electron chi connectivity index (χ2n) is 13.3. The van der Waals surface area contributed by atoms with Crippen molar-refractivity contribution in [2.45, 2.75) is 5.41 Å². The number of benzene rings is 8. The lowest BCUT2D eigenvalue weighted by atomic mass is 9.64. The molecule has 1 aliphatic heterocycles. The molecule has 0 bridgehead atoms. The maximum Gasteiger partial charge on any atom is 0.0754 e. The van der Waals surface area contributed by atoms with Gasteiger partial charge in [-0.2, -0.15) is 0 Å². The first-order valence-corrected chi connectivity index (χ1v) is 17.6. The zero-order valence-corrected chi connectivity index (χ0v) is 28.0. The molecule has 0 radical (unpaired) electrons. The molecule has 8 aromatic rings. The normalized spacial score (nSPS) is 13.2. The van der Waals surface area contributed by atoms with E-state index in [9.17, 15) is 0 Å². The van der Waals surface area contributed by atoms with Crippen molar-refractivity contribution in [1.82, 2.24) is 0 Å². The first kappa shape index (κ1) is 29.3. The molecule has 0 fully saturated rings. The van der Waals surface area contributed by atoms with Gasteiger partial charge in [-0.1, -0.05) is 146 Å². The molecule has 2 aliphatic rings. The lowest BCUT2D eigenvalue weighted by molar-refractivity contribution is 0.753. The van der Waals surface area contributed by atoms with Crippen molar-refractivity contribution in [2.24, 2.45) is 0 Å². The molecule has 0 saturated carbocycles. The molecule has 0 unspecified atom stereocenters. The third-order valence-electron chi connectivity index (χ3n) is 10.6. The summed E-state index contributed by atoms with van der Waals surface area (Å²) in [7, 11) is 0. The fraction of sp³-hybridized carbons (Fsp3) is 0.0204. The smallest absolute Gasteiger partial charge is 0.0754 e. The van der Waals surface area contributed by atoms with Gasteiger partial charge in [0, 0.05) is 22.7 Å². The Labute approximate surface area is 299 Å². The van der Waals surface area contributed by atoms with Gasteiger partial charge in [-0.3, -0.25) is 0 Å². The van der Waals surface area contributed by atoms with Crippen molar-refractivity contribution in [3.63, 3.8) is 0 Å². The average Bonchev–Trinajstić information content (AvgIpc) is 3.51. The monoisotopic (exact) mass is 650 g/mol. The molecular weight excluding hydrogens is 617 g/mol. The quantitative estimate of drug-likeness (QED) is 0.183. The fourth-order valence-corrected chi connectivity index (χ4v) is 8.64. The topological polar surface area (TPSA) is 6.48 Å². The second-order valence-corrected chi connectivity index (χ2v) is 13.3. The maximum absolute atomic E-state index is 2.43. The highest BCUT2D eigenvalue weighted by Gasteiger charge is 2.52. The Morgan fingerprint density at radius 3 is 1.39 bits per heavy atom. The van der Waals surface area contributed by atoms with Crippen LogP contribution in [0.1, 0.15) is 22.3 Å². The molecule has 0 aromatic heterocycles. The summed E-state index contributed by atoms with van der Waals surface area (Å²) in [5.74, 6) is 0. The molecule has 0 saturated heterocycles. The van der Waals surface area contributed by atoms with E-state index in [1.807, 2.05) is 0 Å². The lowest BCUT2D eigenvalue weighted by Gasteiger charge is -2.45. The van der Waals surface area contributed by atoms with Gasteiger partial charge < -0.3 is 9.80 Å². The third-order valence-corrected chi connectivity index (χ3v) is 10.6. The minimum absolute atomic E-state index is 0.474. The van der Waals surface area contributed by atoms with Crippen molar-refractivity contribution < 1.29 is 0 Å². The molecule has 10 rings (SSSR count). The van der Waals surface area contributed by atoms with Crippen LogP contribution in [0.25, 0.3) is 22.3 Å². The molecule has 0 atom stereocenters. The molecule has 1 spiro atoms. The predicted octanol–water partition coefficient (Wildman–Crippen LogP) is 13.0. The van der Waals surface area contributed by atoms with Crippen LogP contribution >= 0.6 is 0 Å². The van der Waals surface area contributed by atoms with E-state index in [1.54, 1.807) is 0 Å². The van der Waals surface area contributed by atoms with Gasteiger partial charge in [-0.05, 0) is 105 Å². The molecule has 8 aromatic carbocycles. The summed E-state index contributed by atoms with van der Waals surface area (Å²) in [5, 5.41) is 0. The first-order valence-electron chi connectivity index (χ1n) is 17.6. The largest absolute Gasteiger partial charge is 0.311 e. The molecule has 0 amide bonds. The van der Waals surface area contributed by atoms with Crippen LogP contribution in [0.15, 0.2) is 206 Å². The summed E-state index contributed by atoms with van der Waals surface area (Å²) in [5.41, 5.74) is 16.8. The Morgan fingerprint density at radius 2 is 0.784 bits per heavy atom. The SMILES string of the molecule is c1ccc(N(c2ccccc2)c2ccc(-c3cccc4c3-c3ccccc3C43c4ccccc4N(c4ccccc4)c4ccccc43)cc2)cc1. The zero-order chi connectivity index (χ0) is 33.8. The van der Waals surface area contributed by atoms with Crippen LogP contribution in [0.2, 0.25) is 0 Å².